The molecule has 0 spiro atoms. The molecular formula is C34H41F2N5O2. The van der Waals surface area contributed by atoms with Crippen LogP contribution in [0, 0.1) is 0 Å². The lowest BCUT2D eigenvalue weighted by molar-refractivity contribution is -0.130. The monoisotopic (exact) mass is 589 g/mol. The molecule has 7 nitrogen and oxygen atoms in total. The van der Waals surface area contributed by atoms with E-state index in [-0.39, 0.29) is 17.7 Å². The Morgan fingerprint density at radius 3 is 2.19 bits per heavy atom. The van der Waals surface area contributed by atoms with Crippen molar-refractivity contribution in [1.29, 1.82) is 0 Å². The number of rotatable bonds is 10. The van der Waals surface area contributed by atoms with Gasteiger partial charge in [-0.05, 0) is 99.4 Å². The number of benzene rings is 2. The van der Waals surface area contributed by atoms with E-state index < -0.39 is 6.61 Å². The molecule has 43 heavy (non-hydrogen) atoms. The number of hydrogen-bond donors (Lipinski definition) is 0. The molecule has 5 rings (SSSR count). The predicted molar refractivity (Wildman–Crippen MR) is 167 cm³/mol. The molecule has 2 aromatic carbocycles. The Bertz CT molecular complexity index is 1320. The largest absolute Gasteiger partial charge is 0.435 e. The molecular weight excluding hydrogens is 548 g/mol. The molecule has 1 amide bonds. The number of halogens is 2. The van der Waals surface area contributed by atoms with Gasteiger partial charge in [0.15, 0.2) is 0 Å². The number of hydrogen-bond acceptors (Lipinski definition) is 6. The molecule has 0 saturated carbocycles. The fourth-order valence-corrected chi connectivity index (χ4v) is 6.07. The number of alkyl halides is 2. The highest BCUT2D eigenvalue weighted by atomic mass is 19.3. The van der Waals surface area contributed by atoms with Crippen molar-refractivity contribution < 1.29 is 18.3 Å². The maximum Gasteiger partial charge on any atom is 0.387 e. The summed E-state index contributed by atoms with van der Waals surface area (Å²) in [5, 5.41) is 0. The van der Waals surface area contributed by atoms with Crippen molar-refractivity contribution in [1.82, 2.24) is 19.7 Å². The number of pyridine rings is 1. The normalized spacial score (nSPS) is 17.4. The van der Waals surface area contributed by atoms with E-state index in [0.29, 0.717) is 12.6 Å². The fourth-order valence-electron chi connectivity index (χ4n) is 6.07. The molecule has 228 valence electrons. The van der Waals surface area contributed by atoms with Gasteiger partial charge < -0.3 is 24.3 Å². The first-order valence-electron chi connectivity index (χ1n) is 15.0. The van der Waals surface area contributed by atoms with Gasteiger partial charge in [-0.15, -0.1) is 0 Å². The number of ether oxygens (including phenoxy) is 1. The highest BCUT2D eigenvalue weighted by molar-refractivity contribution is 5.92. The molecule has 0 unspecified atom stereocenters. The zero-order chi connectivity index (χ0) is 30.2. The minimum absolute atomic E-state index is 0.0522. The van der Waals surface area contributed by atoms with Crippen molar-refractivity contribution in [2.75, 3.05) is 45.2 Å². The van der Waals surface area contributed by atoms with Crippen LogP contribution in [-0.2, 0) is 11.3 Å². The fraction of sp³-hybridized carbons (Fsp3) is 0.412. The first kappa shape index (κ1) is 30.6. The lowest BCUT2D eigenvalue weighted by Crippen LogP contribution is -2.51. The van der Waals surface area contributed by atoms with Crippen LogP contribution in [0.5, 0.6) is 5.75 Å². The van der Waals surface area contributed by atoms with Crippen LogP contribution in [0.4, 0.5) is 20.2 Å². The van der Waals surface area contributed by atoms with Gasteiger partial charge >= 0.3 is 6.61 Å². The van der Waals surface area contributed by atoms with Crippen LogP contribution in [0.15, 0.2) is 79.1 Å². The minimum atomic E-state index is -2.87. The molecule has 2 fully saturated rings. The standard InChI is InChI=1S/C34H41F2N5O2/c1-38-21-15-30(16-22-38)40-23-17-31(18-24-40)41(33(42)12-7-26-5-10-32(11-6-26)43-34(35)36)25-27-3-8-28(9-4-27)39(2)29-13-19-37-20-14-29/h3-14,19-20,30-31,34H,15-18,21-25H2,1-2H3. The molecule has 3 heterocycles. The van der Waals surface area contributed by atoms with Crippen molar-refractivity contribution in [3.8, 4) is 5.75 Å². The Morgan fingerprint density at radius 1 is 0.930 bits per heavy atom. The number of anilines is 2. The van der Waals surface area contributed by atoms with E-state index in [1.807, 2.05) is 24.1 Å². The van der Waals surface area contributed by atoms with Gasteiger partial charge in [-0.2, -0.15) is 8.78 Å². The van der Waals surface area contributed by atoms with Crippen molar-refractivity contribution in [2.45, 2.75) is 50.9 Å². The van der Waals surface area contributed by atoms with Crippen LogP contribution >= 0.6 is 0 Å². The topological polar surface area (TPSA) is 52.2 Å². The Morgan fingerprint density at radius 2 is 1.56 bits per heavy atom. The molecule has 9 heteroatoms. The van der Waals surface area contributed by atoms with E-state index in [1.165, 1.54) is 25.0 Å². The third kappa shape index (κ3) is 8.39. The first-order chi connectivity index (χ1) is 20.9. The molecule has 0 bridgehead atoms. The maximum absolute atomic E-state index is 13.7. The minimum Gasteiger partial charge on any atom is -0.435 e. The lowest BCUT2D eigenvalue weighted by Gasteiger charge is -2.43. The number of nitrogens with zero attached hydrogens (tertiary/aromatic N) is 5. The summed E-state index contributed by atoms with van der Waals surface area (Å²) in [6, 6.07) is 19.4. The highest BCUT2D eigenvalue weighted by Crippen LogP contribution is 2.27. The molecule has 0 atom stereocenters. The highest BCUT2D eigenvalue weighted by Gasteiger charge is 2.31. The van der Waals surface area contributed by atoms with Crippen LogP contribution in [0.1, 0.15) is 36.8 Å². The number of likely N-dealkylation sites (tertiary alicyclic amines) is 2. The molecule has 2 aliphatic rings. The molecule has 1 aromatic heterocycles. The van der Waals surface area contributed by atoms with E-state index in [2.05, 4.69) is 55.7 Å². The third-order valence-electron chi connectivity index (χ3n) is 8.68. The Hall–Kier alpha value is -3.82. The van der Waals surface area contributed by atoms with Gasteiger partial charge in [0.05, 0.1) is 0 Å². The van der Waals surface area contributed by atoms with E-state index >= 15 is 0 Å². The zero-order valence-electron chi connectivity index (χ0n) is 25.0. The smallest absolute Gasteiger partial charge is 0.387 e. The summed E-state index contributed by atoms with van der Waals surface area (Å²) >= 11 is 0. The molecule has 3 aromatic rings. The van der Waals surface area contributed by atoms with Crippen LogP contribution < -0.4 is 9.64 Å². The maximum atomic E-state index is 13.7. The average Bonchev–Trinajstić information content (AvgIpc) is 3.04. The van der Waals surface area contributed by atoms with E-state index in [0.717, 1.165) is 61.5 Å². The summed E-state index contributed by atoms with van der Waals surface area (Å²) in [4.78, 5) is 26.9. The van der Waals surface area contributed by atoms with Crippen LogP contribution in [0.3, 0.4) is 0 Å². The van der Waals surface area contributed by atoms with Gasteiger partial charge in [-0.3, -0.25) is 9.78 Å². The quantitative estimate of drug-likeness (QED) is 0.269. The summed E-state index contributed by atoms with van der Waals surface area (Å²) in [5.41, 5.74) is 3.92. The van der Waals surface area contributed by atoms with Crippen LogP contribution in [0.25, 0.3) is 6.08 Å². The SMILES string of the molecule is CN1CCC(N2CCC(N(Cc3ccc(N(C)c4ccncc4)cc3)C(=O)C=Cc3ccc(OC(F)F)cc3)CC2)CC1. The number of piperidine rings is 2. The number of amides is 1. The lowest BCUT2D eigenvalue weighted by atomic mass is 9.96. The van der Waals surface area contributed by atoms with E-state index in [4.69, 9.17) is 0 Å². The van der Waals surface area contributed by atoms with Crippen molar-refractivity contribution >= 4 is 23.4 Å². The second-order valence-corrected chi connectivity index (χ2v) is 11.5. The van der Waals surface area contributed by atoms with Gasteiger partial charge in [0, 0.05) is 68.6 Å². The van der Waals surface area contributed by atoms with Gasteiger partial charge in [-0.25, -0.2) is 0 Å². The Balaban J connectivity index is 1.28. The Kier molecular flexibility index (Phi) is 10.4. The molecule has 2 saturated heterocycles. The van der Waals surface area contributed by atoms with Gasteiger partial charge in [0.2, 0.25) is 5.91 Å². The second kappa shape index (κ2) is 14.6. The number of aromatic nitrogens is 1. The van der Waals surface area contributed by atoms with Crippen molar-refractivity contribution in [3.63, 3.8) is 0 Å². The van der Waals surface area contributed by atoms with E-state index in [1.54, 1.807) is 36.7 Å². The predicted octanol–water partition coefficient (Wildman–Crippen LogP) is 6.05. The number of carbonyl (C=O) groups is 1. The van der Waals surface area contributed by atoms with Crippen molar-refractivity contribution in [2.24, 2.45) is 0 Å². The van der Waals surface area contributed by atoms with Crippen LogP contribution in [-0.4, -0.2) is 84.6 Å². The van der Waals surface area contributed by atoms with Gasteiger partial charge in [0.25, 0.3) is 0 Å². The summed E-state index contributed by atoms with van der Waals surface area (Å²) in [5.74, 6) is 0.0399. The van der Waals surface area contributed by atoms with Gasteiger partial charge in [0.1, 0.15) is 5.75 Å². The zero-order valence-corrected chi connectivity index (χ0v) is 25.0. The third-order valence-corrected chi connectivity index (χ3v) is 8.68. The van der Waals surface area contributed by atoms with Gasteiger partial charge in [-0.1, -0.05) is 24.3 Å². The average molecular weight is 590 g/mol. The second-order valence-electron chi connectivity index (χ2n) is 11.5. The summed E-state index contributed by atoms with van der Waals surface area (Å²) < 4.78 is 29.5. The Labute approximate surface area is 253 Å². The molecule has 0 N–H and O–H groups in total. The molecule has 2 aliphatic heterocycles. The summed E-state index contributed by atoms with van der Waals surface area (Å²) in [6.07, 6.45) is 11.2. The summed E-state index contributed by atoms with van der Waals surface area (Å²) in [7, 11) is 4.21. The van der Waals surface area contributed by atoms with Crippen LogP contribution in [0.2, 0.25) is 0 Å². The summed E-state index contributed by atoms with van der Waals surface area (Å²) in [6.45, 7) is 1.92. The molecule has 0 aliphatic carbocycles. The van der Waals surface area contributed by atoms with E-state index in [9.17, 15) is 13.6 Å². The number of carbonyl (C=O) groups excluding carboxylic acids is 1. The molecule has 0 radical (unpaired) electrons. The first-order valence-corrected chi connectivity index (χ1v) is 15.0. The van der Waals surface area contributed by atoms with Crippen molar-refractivity contribution in [3.05, 3.63) is 90.3 Å².